The van der Waals surface area contributed by atoms with Crippen molar-refractivity contribution in [3.05, 3.63) is 15.6 Å². The molecule has 1 saturated heterocycles. The molecule has 0 amide bonds. The van der Waals surface area contributed by atoms with E-state index in [1.807, 2.05) is 20.8 Å². The Morgan fingerprint density at radius 2 is 2.00 bits per heavy atom. The molecule has 1 fully saturated rings. The summed E-state index contributed by atoms with van der Waals surface area (Å²) in [6.45, 7) is 14.3. The highest BCUT2D eigenvalue weighted by molar-refractivity contribution is 14.0. The maximum absolute atomic E-state index is 12.0. The minimum Gasteiger partial charge on any atom is -0.462 e. The molecule has 0 spiro atoms. The van der Waals surface area contributed by atoms with Crippen LogP contribution in [0.3, 0.4) is 0 Å². The topological polar surface area (TPSA) is 78.9 Å². The van der Waals surface area contributed by atoms with Crippen LogP contribution in [0.1, 0.15) is 73.4 Å². The summed E-state index contributed by atoms with van der Waals surface area (Å²) in [5.74, 6) is 0.492. The van der Waals surface area contributed by atoms with Gasteiger partial charge in [0.2, 0.25) is 0 Å². The fraction of sp³-hybridized carbons (Fsp3) is 0.750. The van der Waals surface area contributed by atoms with Crippen LogP contribution >= 0.6 is 35.3 Å². The Balaban J connectivity index is 0.00000420. The van der Waals surface area contributed by atoms with Gasteiger partial charge in [-0.15, -0.1) is 35.3 Å². The molecule has 2 atom stereocenters. The number of rotatable bonds is 9. The molecule has 0 radical (unpaired) electrons. The molecule has 0 aliphatic carbocycles. The molecular formula is C20H36IN5O2S. The highest BCUT2D eigenvalue weighted by Gasteiger charge is 2.22. The smallest absolute Gasteiger partial charge is 0.350 e. The number of guanidine groups is 1. The molecule has 1 aromatic heterocycles. The third-order valence-corrected chi connectivity index (χ3v) is 6.25. The van der Waals surface area contributed by atoms with Gasteiger partial charge in [-0.2, -0.15) is 0 Å². The Bertz CT molecular complexity index is 661. The van der Waals surface area contributed by atoms with E-state index in [4.69, 9.17) is 9.73 Å². The van der Waals surface area contributed by atoms with Crippen molar-refractivity contribution in [2.24, 2.45) is 4.99 Å². The minimum atomic E-state index is -0.298. The molecule has 2 unspecified atom stereocenters. The summed E-state index contributed by atoms with van der Waals surface area (Å²) in [7, 11) is 0. The van der Waals surface area contributed by atoms with Crippen LogP contribution < -0.4 is 10.6 Å². The van der Waals surface area contributed by atoms with Gasteiger partial charge in [0.05, 0.1) is 24.9 Å². The first kappa shape index (κ1) is 26.1. The van der Waals surface area contributed by atoms with Crippen molar-refractivity contribution in [3.63, 3.8) is 0 Å². The lowest BCUT2D eigenvalue weighted by molar-refractivity contribution is 0.0531. The second-order valence-corrected chi connectivity index (χ2v) is 8.11. The number of esters is 1. The number of nitrogens with zero attached hydrogens (tertiary/aromatic N) is 3. The minimum absolute atomic E-state index is 0. The van der Waals surface area contributed by atoms with Gasteiger partial charge in [-0.05, 0) is 60.0 Å². The van der Waals surface area contributed by atoms with Crippen LogP contribution in [-0.2, 0) is 4.74 Å². The van der Waals surface area contributed by atoms with Gasteiger partial charge >= 0.3 is 5.97 Å². The maximum atomic E-state index is 12.0. The van der Waals surface area contributed by atoms with Gasteiger partial charge in [-0.25, -0.2) is 9.78 Å². The van der Waals surface area contributed by atoms with Gasteiger partial charge in [-0.1, -0.05) is 6.92 Å². The van der Waals surface area contributed by atoms with Gasteiger partial charge in [0.1, 0.15) is 9.88 Å². The zero-order valence-corrected chi connectivity index (χ0v) is 21.4. The van der Waals surface area contributed by atoms with Gasteiger partial charge in [0.15, 0.2) is 5.96 Å². The molecule has 2 N–H and O–H groups in total. The third kappa shape index (κ3) is 7.67. The van der Waals surface area contributed by atoms with Crippen LogP contribution in [0, 0.1) is 6.92 Å². The van der Waals surface area contributed by atoms with Crippen molar-refractivity contribution in [1.82, 2.24) is 20.5 Å². The quantitative estimate of drug-likeness (QED) is 0.216. The highest BCUT2D eigenvalue weighted by atomic mass is 127. The molecule has 29 heavy (non-hydrogen) atoms. The van der Waals surface area contributed by atoms with E-state index in [9.17, 15) is 4.79 Å². The van der Waals surface area contributed by atoms with Crippen molar-refractivity contribution in [1.29, 1.82) is 0 Å². The average Bonchev–Trinajstić information content (AvgIpc) is 3.32. The highest BCUT2D eigenvalue weighted by Crippen LogP contribution is 2.24. The van der Waals surface area contributed by atoms with Crippen molar-refractivity contribution in [2.75, 3.05) is 32.8 Å². The van der Waals surface area contributed by atoms with E-state index in [-0.39, 0.29) is 36.0 Å². The Kier molecular flexibility index (Phi) is 12.0. The first-order chi connectivity index (χ1) is 13.5. The summed E-state index contributed by atoms with van der Waals surface area (Å²) in [6, 6.07) is 0.447. The standard InChI is InChI=1S/C20H35N5O2S.HI/c1-6-16(25-11-9-10-12-25)13-22-20(21-7-2)24-15(5)18-23-14(4)17(28-18)19(26)27-8-3;/h15-16H,6-13H2,1-5H3,(H2,21,22,24);1H. The normalized spacial score (nSPS) is 16.8. The van der Waals surface area contributed by atoms with E-state index in [1.165, 1.54) is 37.3 Å². The van der Waals surface area contributed by atoms with Crippen LogP contribution in [0.25, 0.3) is 0 Å². The maximum Gasteiger partial charge on any atom is 0.350 e. The number of aromatic nitrogens is 1. The average molecular weight is 538 g/mol. The predicted molar refractivity (Wildman–Crippen MR) is 131 cm³/mol. The van der Waals surface area contributed by atoms with Crippen molar-refractivity contribution in [2.45, 2.75) is 66.0 Å². The number of aliphatic imine (C=N–C) groups is 1. The fourth-order valence-electron chi connectivity index (χ4n) is 3.38. The Morgan fingerprint density at radius 3 is 2.59 bits per heavy atom. The molecule has 0 aromatic carbocycles. The largest absolute Gasteiger partial charge is 0.462 e. The summed E-state index contributed by atoms with van der Waals surface area (Å²) >= 11 is 1.39. The molecule has 166 valence electrons. The molecule has 2 heterocycles. The van der Waals surface area contributed by atoms with E-state index in [0.717, 1.165) is 30.5 Å². The second-order valence-electron chi connectivity index (χ2n) is 7.08. The number of halogens is 1. The van der Waals surface area contributed by atoms with Gasteiger partial charge in [0, 0.05) is 12.6 Å². The van der Waals surface area contributed by atoms with Crippen LogP contribution in [-0.4, -0.2) is 60.6 Å². The zero-order valence-electron chi connectivity index (χ0n) is 18.3. The first-order valence-corrected chi connectivity index (χ1v) is 11.2. The number of carbonyl (C=O) groups excluding carboxylic acids is 1. The van der Waals surface area contributed by atoms with E-state index < -0.39 is 0 Å². The molecule has 9 heteroatoms. The molecule has 0 bridgehead atoms. The van der Waals surface area contributed by atoms with E-state index in [0.29, 0.717) is 23.2 Å². The summed E-state index contributed by atoms with van der Waals surface area (Å²) in [6.07, 6.45) is 3.69. The number of thiazole rings is 1. The summed E-state index contributed by atoms with van der Waals surface area (Å²) < 4.78 is 5.12. The van der Waals surface area contributed by atoms with Gasteiger partial charge < -0.3 is 15.4 Å². The van der Waals surface area contributed by atoms with Crippen LogP contribution in [0.15, 0.2) is 4.99 Å². The number of aryl methyl sites for hydroxylation is 1. The number of hydrogen-bond donors (Lipinski definition) is 2. The van der Waals surface area contributed by atoms with Crippen molar-refractivity contribution in [3.8, 4) is 0 Å². The number of ether oxygens (including phenoxy) is 1. The lowest BCUT2D eigenvalue weighted by Crippen LogP contribution is -2.41. The summed E-state index contributed by atoms with van der Waals surface area (Å²) in [5, 5.41) is 7.61. The fourth-order valence-corrected chi connectivity index (χ4v) is 4.34. The number of likely N-dealkylation sites (tertiary alicyclic amines) is 1. The molecular weight excluding hydrogens is 501 g/mol. The number of carbonyl (C=O) groups is 1. The summed E-state index contributed by atoms with van der Waals surface area (Å²) in [5.41, 5.74) is 0.717. The van der Waals surface area contributed by atoms with E-state index >= 15 is 0 Å². The lowest BCUT2D eigenvalue weighted by atomic mass is 10.2. The van der Waals surface area contributed by atoms with Gasteiger partial charge in [0.25, 0.3) is 0 Å². The molecule has 1 aliphatic rings. The van der Waals surface area contributed by atoms with Crippen molar-refractivity contribution < 1.29 is 9.53 Å². The predicted octanol–water partition coefficient (Wildman–Crippen LogP) is 3.74. The SMILES string of the molecule is CCNC(=NCC(CC)N1CCCC1)NC(C)c1nc(C)c(C(=O)OCC)s1.I. The van der Waals surface area contributed by atoms with Gasteiger partial charge in [-0.3, -0.25) is 9.89 Å². The zero-order chi connectivity index (χ0) is 20.5. The lowest BCUT2D eigenvalue weighted by Gasteiger charge is -2.25. The Labute approximate surface area is 196 Å². The molecule has 1 aliphatic heterocycles. The Hall–Kier alpha value is -0.940. The molecule has 1 aromatic rings. The third-order valence-electron chi connectivity index (χ3n) is 4.93. The van der Waals surface area contributed by atoms with E-state index in [1.54, 1.807) is 0 Å². The second kappa shape index (κ2) is 13.4. The number of nitrogens with one attached hydrogen (secondary N) is 2. The monoisotopic (exact) mass is 537 g/mol. The molecule has 7 nitrogen and oxygen atoms in total. The molecule has 2 rings (SSSR count). The first-order valence-electron chi connectivity index (χ1n) is 10.4. The van der Waals surface area contributed by atoms with Crippen molar-refractivity contribution >= 4 is 47.2 Å². The van der Waals surface area contributed by atoms with Crippen LogP contribution in [0.4, 0.5) is 0 Å². The summed E-state index contributed by atoms with van der Waals surface area (Å²) in [4.78, 5) is 24.6. The van der Waals surface area contributed by atoms with E-state index in [2.05, 4.69) is 34.4 Å². The molecule has 0 saturated carbocycles. The number of hydrogen-bond acceptors (Lipinski definition) is 6. The Morgan fingerprint density at radius 1 is 1.31 bits per heavy atom. The van der Waals surface area contributed by atoms with Crippen LogP contribution in [0.2, 0.25) is 0 Å². The van der Waals surface area contributed by atoms with Crippen LogP contribution in [0.5, 0.6) is 0 Å².